The van der Waals surface area contributed by atoms with Crippen molar-refractivity contribution in [2.45, 2.75) is 55.5 Å². The van der Waals surface area contributed by atoms with Gasteiger partial charge in [0, 0.05) is 28.4 Å². The molecule has 3 aliphatic heterocycles. The zero-order valence-corrected chi connectivity index (χ0v) is 16.7. The van der Waals surface area contributed by atoms with Gasteiger partial charge in [-0.25, -0.2) is 0 Å². The standard InChI is InChI=1S/C24H29ClN2/c25-20-10-8-19(9-11-20)22-17-24(27-14-4-5-15-27)12-13-26-23(22)21(16-24)18-6-2-1-3-7-18/h1-3,6-11,21-23,26H,4-5,12-17H2/t21-,22-,23-,24-/m0/s1. The van der Waals surface area contributed by atoms with Crippen molar-refractivity contribution < 1.29 is 0 Å². The molecule has 2 aromatic carbocycles. The fraction of sp³-hybridized carbons (Fsp3) is 0.500. The van der Waals surface area contributed by atoms with Crippen molar-refractivity contribution in [3.63, 3.8) is 0 Å². The Bertz CT molecular complexity index is 769. The molecule has 3 saturated heterocycles. The topological polar surface area (TPSA) is 15.3 Å². The number of likely N-dealkylation sites (tertiary alicyclic amines) is 1. The van der Waals surface area contributed by atoms with E-state index in [2.05, 4.69) is 64.8 Å². The number of hydrogen-bond acceptors (Lipinski definition) is 2. The van der Waals surface area contributed by atoms with E-state index < -0.39 is 0 Å². The summed E-state index contributed by atoms with van der Waals surface area (Å²) >= 11 is 6.19. The summed E-state index contributed by atoms with van der Waals surface area (Å²) in [5, 5.41) is 4.81. The smallest absolute Gasteiger partial charge is 0.0406 e. The quantitative estimate of drug-likeness (QED) is 0.787. The lowest BCUT2D eigenvalue weighted by Crippen LogP contribution is -2.53. The molecule has 4 fully saturated rings. The van der Waals surface area contributed by atoms with E-state index in [-0.39, 0.29) is 0 Å². The van der Waals surface area contributed by atoms with Crippen LogP contribution in [-0.2, 0) is 0 Å². The first-order valence-corrected chi connectivity index (χ1v) is 10.9. The van der Waals surface area contributed by atoms with Gasteiger partial charge in [0.2, 0.25) is 0 Å². The second-order valence-electron chi connectivity index (χ2n) is 8.73. The van der Waals surface area contributed by atoms with Gasteiger partial charge in [-0.3, -0.25) is 4.90 Å². The van der Waals surface area contributed by atoms with Crippen molar-refractivity contribution in [1.82, 2.24) is 10.2 Å². The fourth-order valence-corrected chi connectivity index (χ4v) is 6.19. The maximum atomic E-state index is 6.19. The Morgan fingerprint density at radius 3 is 2.15 bits per heavy atom. The van der Waals surface area contributed by atoms with E-state index in [0.29, 0.717) is 23.4 Å². The van der Waals surface area contributed by atoms with Crippen LogP contribution in [0.3, 0.4) is 0 Å². The molecule has 2 aromatic rings. The molecule has 0 amide bonds. The van der Waals surface area contributed by atoms with Gasteiger partial charge in [-0.15, -0.1) is 0 Å². The molecule has 2 bridgehead atoms. The van der Waals surface area contributed by atoms with Crippen molar-refractivity contribution in [2.75, 3.05) is 19.6 Å². The fourth-order valence-electron chi connectivity index (χ4n) is 6.06. The molecule has 0 radical (unpaired) electrons. The normalized spacial score (nSPS) is 33.9. The van der Waals surface area contributed by atoms with Gasteiger partial charge in [0.15, 0.2) is 0 Å². The molecule has 3 heteroatoms. The molecule has 0 unspecified atom stereocenters. The molecule has 4 atom stereocenters. The van der Waals surface area contributed by atoms with Gasteiger partial charge >= 0.3 is 0 Å². The number of benzene rings is 2. The van der Waals surface area contributed by atoms with E-state index in [1.54, 1.807) is 0 Å². The van der Waals surface area contributed by atoms with E-state index in [1.807, 2.05) is 0 Å². The molecule has 3 heterocycles. The van der Waals surface area contributed by atoms with Crippen LogP contribution >= 0.6 is 11.6 Å². The summed E-state index contributed by atoms with van der Waals surface area (Å²) in [6.45, 7) is 3.69. The maximum Gasteiger partial charge on any atom is 0.0406 e. The lowest BCUT2D eigenvalue weighted by molar-refractivity contribution is 0.0552. The summed E-state index contributed by atoms with van der Waals surface area (Å²) in [5.41, 5.74) is 3.28. The van der Waals surface area contributed by atoms with Crippen LogP contribution in [-0.4, -0.2) is 36.1 Å². The predicted molar refractivity (Wildman–Crippen MR) is 113 cm³/mol. The van der Waals surface area contributed by atoms with Crippen LogP contribution in [0.15, 0.2) is 54.6 Å². The largest absolute Gasteiger partial charge is 0.313 e. The van der Waals surface area contributed by atoms with Crippen molar-refractivity contribution >= 4 is 11.6 Å². The third-order valence-corrected chi connectivity index (χ3v) is 7.59. The third kappa shape index (κ3) is 3.22. The molecule has 142 valence electrons. The molecule has 6 rings (SSSR count). The molecule has 0 aromatic heterocycles. The van der Waals surface area contributed by atoms with Crippen LogP contribution in [0.5, 0.6) is 0 Å². The summed E-state index contributed by atoms with van der Waals surface area (Å²) in [5.74, 6) is 1.12. The summed E-state index contributed by atoms with van der Waals surface area (Å²) in [6, 6.07) is 20.4. The highest BCUT2D eigenvalue weighted by atomic mass is 35.5. The first kappa shape index (κ1) is 17.7. The van der Waals surface area contributed by atoms with E-state index in [1.165, 1.54) is 56.3 Å². The second kappa shape index (κ2) is 7.24. The molecule has 1 saturated carbocycles. The lowest BCUT2D eigenvalue weighted by Gasteiger charge is -2.51. The summed E-state index contributed by atoms with van der Waals surface area (Å²) < 4.78 is 0. The van der Waals surface area contributed by atoms with Gasteiger partial charge < -0.3 is 5.32 Å². The van der Waals surface area contributed by atoms with Crippen molar-refractivity contribution in [1.29, 1.82) is 0 Å². The summed E-state index contributed by atoms with van der Waals surface area (Å²) in [6.07, 6.45) is 6.56. The van der Waals surface area contributed by atoms with Crippen LogP contribution in [0.4, 0.5) is 0 Å². The minimum Gasteiger partial charge on any atom is -0.313 e. The van der Waals surface area contributed by atoms with Crippen LogP contribution in [0.1, 0.15) is 55.1 Å². The monoisotopic (exact) mass is 380 g/mol. The maximum absolute atomic E-state index is 6.19. The highest BCUT2D eigenvalue weighted by molar-refractivity contribution is 6.30. The highest BCUT2D eigenvalue weighted by Gasteiger charge is 2.51. The zero-order valence-electron chi connectivity index (χ0n) is 15.9. The van der Waals surface area contributed by atoms with Crippen molar-refractivity contribution in [2.24, 2.45) is 0 Å². The van der Waals surface area contributed by atoms with Crippen LogP contribution < -0.4 is 5.32 Å². The molecular formula is C24H29ClN2. The lowest BCUT2D eigenvalue weighted by atomic mass is 9.63. The number of nitrogens with zero attached hydrogens (tertiary/aromatic N) is 1. The van der Waals surface area contributed by atoms with Gasteiger partial charge in [-0.2, -0.15) is 0 Å². The van der Waals surface area contributed by atoms with Gasteiger partial charge in [0.25, 0.3) is 0 Å². The average molecular weight is 381 g/mol. The number of fused-ring (bicyclic) bond motifs is 4. The minimum atomic E-state index is 0.335. The second-order valence-corrected chi connectivity index (χ2v) is 9.17. The number of hydrogen-bond donors (Lipinski definition) is 1. The van der Waals surface area contributed by atoms with Gasteiger partial charge in [-0.1, -0.05) is 54.1 Å². The van der Waals surface area contributed by atoms with Gasteiger partial charge in [-0.05, 0) is 75.0 Å². The Kier molecular flexibility index (Phi) is 4.75. The zero-order chi connectivity index (χ0) is 18.3. The SMILES string of the molecule is Clc1ccc([C@@H]2C[C@]3(N4CCCC4)CCN[C@H]2[C@H](c2ccccc2)C3)cc1. The predicted octanol–water partition coefficient (Wildman–Crippen LogP) is 5.20. The van der Waals surface area contributed by atoms with Crippen LogP contribution in [0.25, 0.3) is 0 Å². The summed E-state index contributed by atoms with van der Waals surface area (Å²) in [4.78, 5) is 2.84. The molecule has 1 N–H and O–H groups in total. The van der Waals surface area contributed by atoms with Crippen molar-refractivity contribution in [3.8, 4) is 0 Å². The van der Waals surface area contributed by atoms with E-state index >= 15 is 0 Å². The van der Waals surface area contributed by atoms with E-state index in [0.717, 1.165) is 11.6 Å². The highest BCUT2D eigenvalue weighted by Crippen LogP contribution is 2.52. The Hall–Kier alpha value is -1.35. The first-order valence-electron chi connectivity index (χ1n) is 10.5. The van der Waals surface area contributed by atoms with Crippen molar-refractivity contribution in [3.05, 3.63) is 70.7 Å². The minimum absolute atomic E-state index is 0.335. The number of rotatable bonds is 3. The van der Waals surface area contributed by atoms with Crippen LogP contribution in [0, 0.1) is 0 Å². The van der Waals surface area contributed by atoms with Gasteiger partial charge in [0.1, 0.15) is 0 Å². The molecular weight excluding hydrogens is 352 g/mol. The number of halogens is 1. The van der Waals surface area contributed by atoms with E-state index in [9.17, 15) is 0 Å². The molecule has 2 nitrogen and oxygen atoms in total. The Balaban J connectivity index is 1.58. The Morgan fingerprint density at radius 2 is 1.48 bits per heavy atom. The molecule has 0 spiro atoms. The Morgan fingerprint density at radius 1 is 0.852 bits per heavy atom. The first-order chi connectivity index (χ1) is 13.3. The van der Waals surface area contributed by atoms with Gasteiger partial charge in [0.05, 0.1) is 0 Å². The summed E-state index contributed by atoms with van der Waals surface area (Å²) in [7, 11) is 0. The Labute approximate surface area is 167 Å². The number of nitrogens with one attached hydrogen (secondary N) is 1. The third-order valence-electron chi connectivity index (χ3n) is 7.34. The molecule has 1 aliphatic carbocycles. The average Bonchev–Trinajstić information content (AvgIpc) is 3.12. The van der Waals surface area contributed by atoms with E-state index in [4.69, 9.17) is 11.6 Å². The molecule has 4 aliphatic rings. The molecule has 27 heavy (non-hydrogen) atoms. The van der Waals surface area contributed by atoms with Crippen LogP contribution in [0.2, 0.25) is 5.02 Å².